The van der Waals surface area contributed by atoms with Crippen LogP contribution in [0.5, 0.6) is 5.75 Å². The average molecular weight is 361 g/mol. The number of alkyl halides is 3. The zero-order valence-corrected chi connectivity index (χ0v) is 13.5. The van der Waals surface area contributed by atoms with E-state index in [1.807, 2.05) is 0 Å². The summed E-state index contributed by atoms with van der Waals surface area (Å²) < 4.78 is 38.5. The standard InChI is InChI=1S/C17H14F3N5O/c1-9-4-11(17(18,19)20)5-14(26)15(9)13-3-2-10(16(21)25-13)6-22-12-7-23-24-8-12/h2-8,26H,1H3,(H2,21,25)(H,23,24). The van der Waals surface area contributed by atoms with Crippen molar-refractivity contribution in [2.75, 3.05) is 5.73 Å². The number of hydrogen-bond acceptors (Lipinski definition) is 5. The summed E-state index contributed by atoms with van der Waals surface area (Å²) >= 11 is 0. The molecule has 0 radical (unpaired) electrons. The molecule has 0 unspecified atom stereocenters. The minimum absolute atomic E-state index is 0.133. The van der Waals surface area contributed by atoms with Crippen LogP contribution < -0.4 is 5.73 Å². The summed E-state index contributed by atoms with van der Waals surface area (Å²) in [6.45, 7) is 1.47. The van der Waals surface area contributed by atoms with Gasteiger partial charge < -0.3 is 10.8 Å². The number of aryl methyl sites for hydroxylation is 1. The van der Waals surface area contributed by atoms with E-state index in [1.54, 1.807) is 18.3 Å². The quantitative estimate of drug-likeness (QED) is 0.617. The molecule has 3 rings (SSSR count). The van der Waals surface area contributed by atoms with Crippen molar-refractivity contribution in [2.24, 2.45) is 4.99 Å². The van der Waals surface area contributed by atoms with Gasteiger partial charge >= 0.3 is 6.18 Å². The topological polar surface area (TPSA) is 100 Å². The van der Waals surface area contributed by atoms with Gasteiger partial charge in [-0.2, -0.15) is 18.3 Å². The number of nitrogen functional groups attached to an aromatic ring is 1. The number of phenolic OH excluding ortho intramolecular Hbond substituents is 1. The minimum atomic E-state index is -4.54. The van der Waals surface area contributed by atoms with Gasteiger partial charge in [0, 0.05) is 23.5 Å². The fourth-order valence-corrected chi connectivity index (χ4v) is 2.46. The summed E-state index contributed by atoms with van der Waals surface area (Å²) in [6.07, 6.45) is 0.0766. The number of nitrogens with two attached hydrogens (primary N) is 1. The second-order valence-corrected chi connectivity index (χ2v) is 5.57. The Bertz CT molecular complexity index is 942. The number of aromatic amines is 1. The maximum atomic E-state index is 12.8. The first-order valence-electron chi connectivity index (χ1n) is 7.46. The molecule has 26 heavy (non-hydrogen) atoms. The lowest BCUT2D eigenvalue weighted by atomic mass is 10.00. The highest BCUT2D eigenvalue weighted by atomic mass is 19.4. The minimum Gasteiger partial charge on any atom is -0.507 e. The van der Waals surface area contributed by atoms with Gasteiger partial charge in [-0.05, 0) is 36.8 Å². The molecule has 0 spiro atoms. The van der Waals surface area contributed by atoms with Gasteiger partial charge in [-0.1, -0.05) is 0 Å². The number of rotatable bonds is 3. The summed E-state index contributed by atoms with van der Waals surface area (Å²) in [7, 11) is 0. The summed E-state index contributed by atoms with van der Waals surface area (Å²) in [4.78, 5) is 8.34. The maximum absolute atomic E-state index is 12.8. The lowest BCUT2D eigenvalue weighted by molar-refractivity contribution is -0.137. The number of pyridine rings is 1. The molecular formula is C17H14F3N5O. The summed E-state index contributed by atoms with van der Waals surface area (Å²) in [5, 5.41) is 16.4. The second-order valence-electron chi connectivity index (χ2n) is 5.57. The molecular weight excluding hydrogens is 347 g/mol. The number of aromatic hydroxyl groups is 1. The van der Waals surface area contributed by atoms with E-state index in [1.165, 1.54) is 19.3 Å². The monoisotopic (exact) mass is 361 g/mol. The number of nitrogens with one attached hydrogen (secondary N) is 1. The molecule has 0 aliphatic heterocycles. The normalized spacial score (nSPS) is 12.0. The highest BCUT2D eigenvalue weighted by Gasteiger charge is 2.32. The summed E-state index contributed by atoms with van der Waals surface area (Å²) in [5.74, 6) is -0.377. The van der Waals surface area contributed by atoms with Gasteiger partial charge in [0.25, 0.3) is 0 Å². The van der Waals surface area contributed by atoms with Gasteiger partial charge in [0.1, 0.15) is 17.3 Å². The molecule has 0 bridgehead atoms. The second kappa shape index (κ2) is 6.51. The van der Waals surface area contributed by atoms with E-state index in [0.717, 1.165) is 6.07 Å². The van der Waals surface area contributed by atoms with Crippen LogP contribution >= 0.6 is 0 Å². The summed E-state index contributed by atoms with van der Waals surface area (Å²) in [6, 6.07) is 4.82. The molecule has 0 amide bonds. The smallest absolute Gasteiger partial charge is 0.416 e. The van der Waals surface area contributed by atoms with Crippen molar-refractivity contribution in [3.63, 3.8) is 0 Å². The van der Waals surface area contributed by atoms with Crippen molar-refractivity contribution in [1.29, 1.82) is 0 Å². The molecule has 9 heteroatoms. The Hall–Kier alpha value is -3.36. The van der Waals surface area contributed by atoms with E-state index in [0.29, 0.717) is 17.3 Å². The third-order valence-electron chi connectivity index (χ3n) is 3.69. The largest absolute Gasteiger partial charge is 0.507 e. The first kappa shape index (κ1) is 17.5. The molecule has 3 aromatic rings. The van der Waals surface area contributed by atoms with Crippen LogP contribution in [0.25, 0.3) is 11.3 Å². The van der Waals surface area contributed by atoms with Gasteiger partial charge in [0.15, 0.2) is 0 Å². The van der Waals surface area contributed by atoms with E-state index in [4.69, 9.17) is 5.73 Å². The van der Waals surface area contributed by atoms with Crippen molar-refractivity contribution in [1.82, 2.24) is 15.2 Å². The highest BCUT2D eigenvalue weighted by Crippen LogP contribution is 2.38. The number of hydrogen-bond donors (Lipinski definition) is 3. The van der Waals surface area contributed by atoms with Crippen LogP contribution in [0, 0.1) is 6.92 Å². The van der Waals surface area contributed by atoms with Crippen molar-refractivity contribution in [3.8, 4) is 17.0 Å². The van der Waals surface area contributed by atoms with Crippen LogP contribution in [-0.2, 0) is 6.18 Å². The number of benzene rings is 1. The van der Waals surface area contributed by atoms with Gasteiger partial charge in [-0.15, -0.1) is 0 Å². The predicted octanol–water partition coefficient (Wildman–Crippen LogP) is 3.84. The Morgan fingerprint density at radius 2 is 2.04 bits per heavy atom. The van der Waals surface area contributed by atoms with Crippen molar-refractivity contribution in [2.45, 2.75) is 13.1 Å². The van der Waals surface area contributed by atoms with Crippen LogP contribution in [0.15, 0.2) is 41.7 Å². The Labute approximate surface area is 146 Å². The number of aliphatic imine (C=N–C) groups is 1. The number of phenols is 1. The molecule has 1 aromatic carbocycles. The first-order chi connectivity index (χ1) is 12.3. The molecule has 0 aliphatic rings. The number of halogens is 3. The van der Waals surface area contributed by atoms with Gasteiger partial charge in [-0.3, -0.25) is 10.1 Å². The number of aromatic nitrogens is 3. The van der Waals surface area contributed by atoms with E-state index in [-0.39, 0.29) is 22.6 Å². The lowest BCUT2D eigenvalue weighted by Gasteiger charge is -2.13. The van der Waals surface area contributed by atoms with Crippen molar-refractivity contribution < 1.29 is 18.3 Å². The van der Waals surface area contributed by atoms with Crippen LogP contribution in [0.3, 0.4) is 0 Å². The molecule has 134 valence electrons. The Morgan fingerprint density at radius 1 is 1.27 bits per heavy atom. The molecule has 0 atom stereocenters. The van der Waals surface area contributed by atoms with Gasteiger partial charge in [0.2, 0.25) is 0 Å². The number of anilines is 1. The van der Waals surface area contributed by atoms with Crippen LogP contribution in [0.1, 0.15) is 16.7 Å². The van der Waals surface area contributed by atoms with Crippen LogP contribution in [0.2, 0.25) is 0 Å². The van der Waals surface area contributed by atoms with Gasteiger partial charge in [-0.25, -0.2) is 4.98 Å². The maximum Gasteiger partial charge on any atom is 0.416 e. The van der Waals surface area contributed by atoms with Crippen LogP contribution in [0.4, 0.5) is 24.7 Å². The van der Waals surface area contributed by atoms with E-state index >= 15 is 0 Å². The van der Waals surface area contributed by atoms with E-state index < -0.39 is 17.5 Å². The average Bonchev–Trinajstić information content (AvgIpc) is 3.06. The lowest BCUT2D eigenvalue weighted by Crippen LogP contribution is -2.06. The molecule has 2 heterocycles. The first-order valence-corrected chi connectivity index (χ1v) is 7.46. The SMILES string of the molecule is Cc1cc(C(F)(F)F)cc(O)c1-c1ccc(C=Nc2cn[nH]c2)c(N)n1. The highest BCUT2D eigenvalue weighted by molar-refractivity contribution is 5.88. The van der Waals surface area contributed by atoms with Crippen molar-refractivity contribution >= 4 is 17.7 Å². The number of nitrogens with zero attached hydrogens (tertiary/aromatic N) is 3. The molecule has 6 nitrogen and oxygen atoms in total. The third kappa shape index (κ3) is 3.51. The van der Waals surface area contributed by atoms with E-state index in [2.05, 4.69) is 20.2 Å². The molecule has 4 N–H and O–H groups in total. The number of H-pyrrole nitrogens is 1. The molecule has 2 aromatic heterocycles. The Kier molecular flexibility index (Phi) is 4.37. The molecule has 0 saturated carbocycles. The fourth-order valence-electron chi connectivity index (χ4n) is 2.46. The zero-order chi connectivity index (χ0) is 18.9. The summed E-state index contributed by atoms with van der Waals surface area (Å²) in [5.41, 5.74) is 6.82. The van der Waals surface area contributed by atoms with Crippen molar-refractivity contribution in [3.05, 3.63) is 53.3 Å². The molecule has 0 saturated heterocycles. The van der Waals surface area contributed by atoms with Gasteiger partial charge in [0.05, 0.1) is 17.5 Å². The zero-order valence-electron chi connectivity index (χ0n) is 13.5. The Morgan fingerprint density at radius 3 is 2.62 bits per heavy atom. The predicted molar refractivity (Wildman–Crippen MR) is 91.3 cm³/mol. The van der Waals surface area contributed by atoms with E-state index in [9.17, 15) is 18.3 Å². The fraction of sp³-hybridized carbons (Fsp3) is 0.118. The van der Waals surface area contributed by atoms with Crippen LogP contribution in [-0.4, -0.2) is 26.5 Å². The Balaban J connectivity index is 1.97. The molecule has 0 fully saturated rings. The molecule has 0 aliphatic carbocycles. The third-order valence-corrected chi connectivity index (χ3v) is 3.69.